The first-order chi connectivity index (χ1) is 8.68. The van der Waals surface area contributed by atoms with E-state index in [0.717, 1.165) is 41.8 Å². The molecular weight excluding hydrogens is 224 g/mol. The highest BCUT2D eigenvalue weighted by atomic mass is 15.1. The van der Waals surface area contributed by atoms with Gasteiger partial charge in [-0.05, 0) is 51.3 Å². The Balaban J connectivity index is 2.11. The van der Waals surface area contributed by atoms with Crippen LogP contribution in [-0.2, 0) is 0 Å². The maximum atomic E-state index is 5.92. The highest BCUT2D eigenvalue weighted by molar-refractivity contribution is 5.98. The average molecular weight is 244 g/mol. The van der Waals surface area contributed by atoms with Crippen LogP contribution in [0.15, 0.2) is 30.5 Å². The van der Waals surface area contributed by atoms with Gasteiger partial charge in [-0.15, -0.1) is 0 Å². The number of hydrogen-bond acceptors (Lipinski definition) is 4. The summed E-state index contributed by atoms with van der Waals surface area (Å²) in [5.41, 5.74) is 8.62. The summed E-state index contributed by atoms with van der Waals surface area (Å²) >= 11 is 0. The number of nitrogens with one attached hydrogen (secondary N) is 1. The lowest BCUT2D eigenvalue weighted by Gasteiger charge is -2.12. The molecule has 0 aliphatic rings. The molecule has 0 atom stereocenters. The van der Waals surface area contributed by atoms with E-state index in [2.05, 4.69) is 29.3 Å². The topological polar surface area (TPSA) is 54.2 Å². The first-order valence-electron chi connectivity index (χ1n) is 6.20. The first kappa shape index (κ1) is 12.6. The fraction of sp³-hybridized carbons (Fsp3) is 0.357. The Labute approximate surface area is 108 Å². The third-order valence-electron chi connectivity index (χ3n) is 2.90. The lowest BCUT2D eigenvalue weighted by atomic mass is 10.1. The van der Waals surface area contributed by atoms with Gasteiger partial charge in [0.05, 0.1) is 11.2 Å². The van der Waals surface area contributed by atoms with Crippen LogP contribution in [0.5, 0.6) is 0 Å². The summed E-state index contributed by atoms with van der Waals surface area (Å²) in [6.45, 7) is 2.03. The number of pyridine rings is 1. The molecule has 1 aromatic carbocycles. The Bertz CT molecular complexity index is 522. The van der Waals surface area contributed by atoms with E-state index in [0.29, 0.717) is 0 Å². The zero-order valence-electron chi connectivity index (χ0n) is 11.0. The van der Waals surface area contributed by atoms with E-state index in [9.17, 15) is 0 Å². The maximum absolute atomic E-state index is 5.92. The molecule has 1 heterocycles. The summed E-state index contributed by atoms with van der Waals surface area (Å²) in [6, 6.07) is 7.92. The zero-order valence-corrected chi connectivity index (χ0v) is 11.0. The average Bonchev–Trinajstić information content (AvgIpc) is 2.37. The minimum atomic E-state index is 0.726. The standard InChI is InChI=1S/C14H20N4/c1-18(2)10-4-9-16-13-7-6-12(15)14-11(13)5-3-8-17-14/h3,5-8,16H,4,9-10,15H2,1-2H3. The van der Waals surface area contributed by atoms with E-state index >= 15 is 0 Å². The number of nitrogen functional groups attached to an aromatic ring is 1. The van der Waals surface area contributed by atoms with E-state index < -0.39 is 0 Å². The molecule has 2 aromatic rings. The fourth-order valence-corrected chi connectivity index (χ4v) is 1.97. The van der Waals surface area contributed by atoms with Gasteiger partial charge in [0.1, 0.15) is 0 Å². The minimum absolute atomic E-state index is 0.726. The Morgan fingerprint density at radius 2 is 2.11 bits per heavy atom. The highest BCUT2D eigenvalue weighted by Gasteiger charge is 2.03. The third-order valence-corrected chi connectivity index (χ3v) is 2.90. The number of nitrogens with zero attached hydrogens (tertiary/aromatic N) is 2. The van der Waals surface area contributed by atoms with Crippen LogP contribution in [0.2, 0.25) is 0 Å². The predicted octanol–water partition coefficient (Wildman–Crippen LogP) is 2.18. The van der Waals surface area contributed by atoms with Crippen molar-refractivity contribution >= 4 is 22.3 Å². The van der Waals surface area contributed by atoms with Gasteiger partial charge >= 0.3 is 0 Å². The van der Waals surface area contributed by atoms with Crippen LogP contribution in [0.3, 0.4) is 0 Å². The van der Waals surface area contributed by atoms with Crippen molar-refractivity contribution in [1.29, 1.82) is 0 Å². The van der Waals surface area contributed by atoms with Crippen LogP contribution >= 0.6 is 0 Å². The number of rotatable bonds is 5. The van der Waals surface area contributed by atoms with Crippen LogP contribution < -0.4 is 11.1 Å². The quantitative estimate of drug-likeness (QED) is 0.625. The highest BCUT2D eigenvalue weighted by Crippen LogP contribution is 2.26. The molecule has 4 nitrogen and oxygen atoms in total. The molecule has 0 spiro atoms. The van der Waals surface area contributed by atoms with Crippen molar-refractivity contribution < 1.29 is 0 Å². The maximum Gasteiger partial charge on any atom is 0.0951 e. The molecule has 2 rings (SSSR count). The summed E-state index contributed by atoms with van der Waals surface area (Å²) in [7, 11) is 4.17. The van der Waals surface area contributed by atoms with Crippen LogP contribution in [0.1, 0.15) is 6.42 Å². The zero-order chi connectivity index (χ0) is 13.0. The molecule has 0 radical (unpaired) electrons. The van der Waals surface area contributed by atoms with Crippen LogP contribution in [0, 0.1) is 0 Å². The van der Waals surface area contributed by atoms with Gasteiger partial charge in [-0.1, -0.05) is 0 Å². The third kappa shape index (κ3) is 2.90. The molecule has 3 N–H and O–H groups in total. The molecule has 0 amide bonds. The predicted molar refractivity (Wildman–Crippen MR) is 77.8 cm³/mol. The number of anilines is 2. The molecule has 4 heteroatoms. The second-order valence-electron chi connectivity index (χ2n) is 4.69. The molecule has 0 saturated heterocycles. The van der Waals surface area contributed by atoms with Gasteiger partial charge in [-0.3, -0.25) is 4.98 Å². The van der Waals surface area contributed by atoms with Crippen molar-refractivity contribution in [2.75, 3.05) is 38.2 Å². The summed E-state index contributed by atoms with van der Waals surface area (Å²) in [6.07, 6.45) is 2.88. The van der Waals surface area contributed by atoms with Gasteiger partial charge < -0.3 is 16.0 Å². The Hall–Kier alpha value is -1.81. The van der Waals surface area contributed by atoms with E-state index in [4.69, 9.17) is 5.73 Å². The van der Waals surface area contributed by atoms with Crippen LogP contribution in [0.25, 0.3) is 10.9 Å². The molecule has 0 saturated carbocycles. The minimum Gasteiger partial charge on any atom is -0.397 e. The summed E-state index contributed by atoms with van der Waals surface area (Å²) in [4.78, 5) is 6.51. The smallest absolute Gasteiger partial charge is 0.0951 e. The lowest BCUT2D eigenvalue weighted by Crippen LogP contribution is -2.16. The van der Waals surface area contributed by atoms with Crippen molar-refractivity contribution in [2.45, 2.75) is 6.42 Å². The van der Waals surface area contributed by atoms with Crippen LogP contribution in [0.4, 0.5) is 11.4 Å². The lowest BCUT2D eigenvalue weighted by molar-refractivity contribution is 0.405. The summed E-state index contributed by atoms with van der Waals surface area (Å²) in [5.74, 6) is 0. The second-order valence-corrected chi connectivity index (χ2v) is 4.69. The van der Waals surface area contributed by atoms with E-state index in [1.807, 2.05) is 24.3 Å². The molecule has 1 aromatic heterocycles. The van der Waals surface area contributed by atoms with Crippen LogP contribution in [-0.4, -0.2) is 37.1 Å². The monoisotopic (exact) mass is 244 g/mol. The molecule has 0 bridgehead atoms. The summed E-state index contributed by atoms with van der Waals surface area (Å²) < 4.78 is 0. The SMILES string of the molecule is CN(C)CCCNc1ccc(N)c2ncccc12. The molecule has 18 heavy (non-hydrogen) atoms. The Morgan fingerprint density at radius 3 is 2.89 bits per heavy atom. The van der Waals surface area contributed by atoms with Gasteiger partial charge in [-0.2, -0.15) is 0 Å². The number of nitrogens with two attached hydrogens (primary N) is 1. The number of hydrogen-bond donors (Lipinski definition) is 2. The van der Waals surface area contributed by atoms with Crippen molar-refractivity contribution in [1.82, 2.24) is 9.88 Å². The van der Waals surface area contributed by atoms with Crippen molar-refractivity contribution in [3.63, 3.8) is 0 Å². The molecule has 0 aliphatic carbocycles. The fourth-order valence-electron chi connectivity index (χ4n) is 1.97. The first-order valence-corrected chi connectivity index (χ1v) is 6.20. The normalized spacial score (nSPS) is 11.1. The largest absolute Gasteiger partial charge is 0.397 e. The van der Waals surface area contributed by atoms with E-state index in [1.165, 1.54) is 0 Å². The van der Waals surface area contributed by atoms with Crippen molar-refractivity contribution in [2.24, 2.45) is 0 Å². The summed E-state index contributed by atoms with van der Waals surface area (Å²) in [5, 5.41) is 4.53. The molecule has 0 fully saturated rings. The van der Waals surface area contributed by atoms with Gasteiger partial charge in [-0.25, -0.2) is 0 Å². The number of aromatic nitrogens is 1. The van der Waals surface area contributed by atoms with Gasteiger partial charge in [0.25, 0.3) is 0 Å². The van der Waals surface area contributed by atoms with E-state index in [-0.39, 0.29) is 0 Å². The van der Waals surface area contributed by atoms with Crippen molar-refractivity contribution in [3.05, 3.63) is 30.5 Å². The Morgan fingerprint density at radius 1 is 1.28 bits per heavy atom. The molecular formula is C14H20N4. The molecule has 96 valence electrons. The molecule has 0 aliphatic heterocycles. The Kier molecular flexibility index (Phi) is 3.99. The van der Waals surface area contributed by atoms with Gasteiger partial charge in [0, 0.05) is 23.8 Å². The second kappa shape index (κ2) is 5.69. The van der Waals surface area contributed by atoms with Gasteiger partial charge in [0.15, 0.2) is 0 Å². The van der Waals surface area contributed by atoms with Gasteiger partial charge in [0.2, 0.25) is 0 Å². The van der Waals surface area contributed by atoms with Crippen molar-refractivity contribution in [3.8, 4) is 0 Å². The molecule has 0 unspecified atom stereocenters. The number of fused-ring (bicyclic) bond motifs is 1. The number of benzene rings is 1. The van der Waals surface area contributed by atoms with E-state index in [1.54, 1.807) is 6.20 Å².